The molecule has 4 N–H and O–H groups in total. The summed E-state index contributed by atoms with van der Waals surface area (Å²) < 4.78 is 9.05. The summed E-state index contributed by atoms with van der Waals surface area (Å²) in [6, 6.07) is 19.1. The van der Waals surface area contributed by atoms with Crippen LogP contribution in [0.25, 0.3) is 44.5 Å². The number of benzene rings is 3. The Morgan fingerprint density at radius 3 is 1.94 bits per heavy atom. The number of imidazole rings is 2. The Bertz CT molecular complexity index is 2020. The number of aryl methyl sites for hydroxylation is 2. The van der Waals surface area contributed by atoms with E-state index in [0.29, 0.717) is 11.1 Å². The first-order valence-corrected chi connectivity index (χ1v) is 17.3. The van der Waals surface area contributed by atoms with Gasteiger partial charge in [0.15, 0.2) is 11.0 Å². The number of hydrogen-bond donors (Lipinski definition) is 4. The molecular formula is C34H34N6O6P2. The number of carbonyl (C=O) groups excluding carboxylic acids is 4. The minimum absolute atomic E-state index is 0.00162. The smallest absolute Gasteiger partial charge is 0.406 e. The molecule has 0 spiro atoms. The number of rotatable bonds is 12. The second-order valence-electron chi connectivity index (χ2n) is 11.1. The first-order valence-electron chi connectivity index (χ1n) is 15.3. The highest BCUT2D eigenvalue weighted by Crippen LogP contribution is 2.38. The Balaban J connectivity index is 1.11. The van der Waals surface area contributed by atoms with Crippen molar-refractivity contribution in [3.63, 3.8) is 0 Å². The molecule has 1 aliphatic rings. The Morgan fingerprint density at radius 1 is 0.729 bits per heavy atom. The van der Waals surface area contributed by atoms with E-state index in [4.69, 9.17) is 0 Å². The van der Waals surface area contributed by atoms with Crippen LogP contribution in [0, 0.1) is 0 Å². The third-order valence-corrected chi connectivity index (χ3v) is 10.0. The van der Waals surface area contributed by atoms with Gasteiger partial charge in [-0.2, -0.15) is 0 Å². The lowest BCUT2D eigenvalue weighted by atomic mass is 9.83. The predicted molar refractivity (Wildman–Crippen MR) is 188 cm³/mol. The van der Waals surface area contributed by atoms with Crippen LogP contribution < -0.4 is 21.8 Å². The van der Waals surface area contributed by atoms with Crippen LogP contribution in [0.15, 0.2) is 60.8 Å². The number of nitrogens with one attached hydrogen (secondary N) is 4. The Labute approximate surface area is 279 Å². The Kier molecular flexibility index (Phi) is 10.2. The topological polar surface area (TPSA) is 168 Å². The van der Waals surface area contributed by atoms with E-state index in [1.807, 2.05) is 6.07 Å². The fourth-order valence-electron chi connectivity index (χ4n) is 5.61. The van der Waals surface area contributed by atoms with Gasteiger partial charge >= 0.3 is 12.2 Å². The van der Waals surface area contributed by atoms with Gasteiger partial charge in [0.2, 0.25) is 0 Å². The van der Waals surface area contributed by atoms with E-state index in [1.54, 1.807) is 6.20 Å². The van der Waals surface area contributed by atoms with Gasteiger partial charge in [0, 0.05) is 43.1 Å². The van der Waals surface area contributed by atoms with Crippen LogP contribution in [0.3, 0.4) is 0 Å². The van der Waals surface area contributed by atoms with Gasteiger partial charge < -0.3 is 30.1 Å². The number of fused-ring (bicyclic) bond motifs is 4. The van der Waals surface area contributed by atoms with Crippen LogP contribution in [0.2, 0.25) is 0 Å². The van der Waals surface area contributed by atoms with E-state index in [9.17, 15) is 19.2 Å². The van der Waals surface area contributed by atoms with Crippen LogP contribution in [0.5, 0.6) is 0 Å². The maximum atomic E-state index is 12.4. The third kappa shape index (κ3) is 7.78. The summed E-state index contributed by atoms with van der Waals surface area (Å²) >= 11 is 0. The van der Waals surface area contributed by atoms with Crippen molar-refractivity contribution in [3.8, 4) is 33.5 Å². The molecule has 0 fully saturated rings. The predicted octanol–water partition coefficient (Wildman–Crippen LogP) is 4.54. The number of aromatic amines is 2. The van der Waals surface area contributed by atoms with Gasteiger partial charge in [-0.3, -0.25) is 9.59 Å². The quantitative estimate of drug-likeness (QED) is 0.139. The van der Waals surface area contributed by atoms with Crippen molar-refractivity contribution in [2.75, 3.05) is 27.3 Å². The van der Waals surface area contributed by atoms with Gasteiger partial charge in [-0.25, -0.2) is 19.6 Å². The maximum absolute atomic E-state index is 12.4. The molecule has 14 heteroatoms. The van der Waals surface area contributed by atoms with Crippen LogP contribution in [-0.2, 0) is 31.9 Å². The number of amides is 2. The van der Waals surface area contributed by atoms with Crippen molar-refractivity contribution in [2.24, 2.45) is 0 Å². The molecule has 0 saturated heterocycles. The van der Waals surface area contributed by atoms with Crippen molar-refractivity contribution >= 4 is 62.6 Å². The molecule has 12 nitrogen and oxygen atoms in total. The molecule has 2 aromatic heterocycles. The van der Waals surface area contributed by atoms with Gasteiger partial charge in [0.05, 0.1) is 37.1 Å². The summed E-state index contributed by atoms with van der Waals surface area (Å²) in [7, 11) is 2.32. The number of methoxy groups -OCH3 is 2. The summed E-state index contributed by atoms with van der Waals surface area (Å²) in [6.07, 6.45) is 2.89. The number of nitrogens with zero attached hydrogens (tertiary/aromatic N) is 2. The normalized spacial score (nSPS) is 12.3. The zero-order valence-electron chi connectivity index (χ0n) is 26.4. The molecule has 3 aromatic carbocycles. The average molecular weight is 685 g/mol. The Hall–Kier alpha value is -4.92. The molecule has 246 valence electrons. The lowest BCUT2D eigenvalue weighted by Crippen LogP contribution is -2.25. The number of alkyl carbamates (subject to hydrolysis) is 2. The molecule has 0 aliphatic heterocycles. The standard InChI is InChI=1S/C34H34N6O6P2/c1-45-33(43)35-13-11-29(41)47-31-37-18-28(40-31)23-6-9-25-22(16-23)4-3-21-15-19(5-8-24(21)25)20-7-10-26-27(17-20)39-32(38-26)48-30(42)12-14-36-34(44)46-2/h5-10,15-18,47-48H,3-4,11-14H2,1-2H3,(H,35,43)(H,36,44)(H,37,40)(H,38,39). The zero-order valence-corrected chi connectivity index (χ0v) is 28.4. The molecule has 2 amide bonds. The molecule has 2 atom stereocenters. The molecule has 48 heavy (non-hydrogen) atoms. The van der Waals surface area contributed by atoms with E-state index in [2.05, 4.69) is 88.6 Å². The summed E-state index contributed by atoms with van der Waals surface area (Å²) in [4.78, 5) is 62.7. The lowest BCUT2D eigenvalue weighted by Gasteiger charge is -2.21. The molecule has 0 saturated carbocycles. The van der Waals surface area contributed by atoms with Crippen molar-refractivity contribution in [3.05, 3.63) is 71.9 Å². The van der Waals surface area contributed by atoms with Gasteiger partial charge in [-0.05, 0) is 70.0 Å². The number of H-pyrrole nitrogens is 2. The van der Waals surface area contributed by atoms with E-state index in [0.717, 1.165) is 46.3 Å². The van der Waals surface area contributed by atoms with E-state index >= 15 is 0 Å². The average Bonchev–Trinajstić information content (AvgIpc) is 3.73. The van der Waals surface area contributed by atoms with Gasteiger partial charge in [-0.15, -0.1) is 0 Å². The maximum Gasteiger partial charge on any atom is 0.406 e. The van der Waals surface area contributed by atoms with E-state index in [1.165, 1.54) is 36.5 Å². The van der Waals surface area contributed by atoms with Crippen molar-refractivity contribution < 1.29 is 28.7 Å². The van der Waals surface area contributed by atoms with Gasteiger partial charge in [0.1, 0.15) is 11.1 Å². The van der Waals surface area contributed by atoms with Crippen LogP contribution in [0.4, 0.5) is 9.59 Å². The lowest BCUT2D eigenvalue weighted by molar-refractivity contribution is -0.111. The fourth-order valence-corrected chi connectivity index (χ4v) is 7.34. The van der Waals surface area contributed by atoms with Gasteiger partial charge in [-0.1, -0.05) is 36.4 Å². The highest BCUT2D eigenvalue weighted by atomic mass is 31.1. The first kappa shape index (κ1) is 33.0. The van der Waals surface area contributed by atoms with Crippen LogP contribution in [0.1, 0.15) is 24.0 Å². The van der Waals surface area contributed by atoms with Gasteiger partial charge in [0.25, 0.3) is 0 Å². The SMILES string of the molecule is COC(=O)NCCC(=O)Pc1ncc(-c2ccc3c(c2)CCc2cc(-c4ccc5nc(PC(=O)CCNC(=O)OC)[nH]c5c4)ccc2-3)[nH]1. The molecule has 5 aromatic rings. The second kappa shape index (κ2) is 14.9. The van der Waals surface area contributed by atoms with E-state index < -0.39 is 12.2 Å². The molecular weight excluding hydrogens is 650 g/mol. The molecule has 2 unspecified atom stereocenters. The summed E-state index contributed by atoms with van der Waals surface area (Å²) in [5.41, 5.74) is 11.9. The summed E-state index contributed by atoms with van der Waals surface area (Å²) in [6.45, 7) is 0.452. The largest absolute Gasteiger partial charge is 0.453 e. The van der Waals surface area contributed by atoms with Crippen molar-refractivity contribution in [1.29, 1.82) is 0 Å². The third-order valence-electron chi connectivity index (χ3n) is 8.00. The second-order valence-corrected chi connectivity index (χ2v) is 13.7. The number of ether oxygens (including phenoxy) is 2. The molecule has 1 aliphatic carbocycles. The number of carbonyl (C=O) groups is 4. The zero-order chi connectivity index (χ0) is 33.6. The molecule has 6 rings (SSSR count). The van der Waals surface area contributed by atoms with Crippen molar-refractivity contribution in [1.82, 2.24) is 30.6 Å². The fraction of sp³-hybridized carbons (Fsp3) is 0.235. The number of aromatic nitrogens is 4. The summed E-state index contributed by atoms with van der Waals surface area (Å²) in [5, 5.41) is 5.04. The first-order chi connectivity index (χ1) is 23.3. The molecule has 2 heterocycles. The monoisotopic (exact) mass is 684 g/mol. The van der Waals surface area contributed by atoms with E-state index in [-0.39, 0.29) is 54.1 Å². The van der Waals surface area contributed by atoms with Crippen molar-refractivity contribution in [2.45, 2.75) is 25.7 Å². The summed E-state index contributed by atoms with van der Waals surface area (Å²) in [5.74, 6) is 0. The minimum Gasteiger partial charge on any atom is -0.453 e. The Morgan fingerprint density at radius 2 is 1.29 bits per heavy atom. The molecule has 0 radical (unpaired) electrons. The molecule has 0 bridgehead atoms. The highest BCUT2D eigenvalue weighted by Gasteiger charge is 2.19. The highest BCUT2D eigenvalue weighted by molar-refractivity contribution is 7.65. The van der Waals surface area contributed by atoms with Crippen LogP contribution in [-0.4, -0.2) is 70.5 Å². The number of hydrogen-bond acceptors (Lipinski definition) is 8. The minimum atomic E-state index is -0.556. The van der Waals surface area contributed by atoms with Crippen LogP contribution >= 0.6 is 17.2 Å².